The van der Waals surface area contributed by atoms with E-state index in [1.807, 2.05) is 0 Å². The lowest BCUT2D eigenvalue weighted by Crippen LogP contribution is -2.55. The molecule has 0 aromatic heterocycles. The van der Waals surface area contributed by atoms with Crippen molar-refractivity contribution in [2.24, 2.45) is 0 Å². The number of halogens is 2. The van der Waals surface area contributed by atoms with E-state index >= 15 is 0 Å². The Hall–Kier alpha value is -0.480. The third-order valence-electron chi connectivity index (χ3n) is 1.78. The van der Waals surface area contributed by atoms with Crippen LogP contribution in [0.5, 0.6) is 0 Å². The fraction of sp³-hybridized carbons (Fsp3) is 0.800. The van der Waals surface area contributed by atoms with E-state index < -0.39 is 22.9 Å². The molecule has 0 spiro atoms. The first-order valence-corrected chi connectivity index (χ1v) is 5.97. The molecule has 0 aliphatic carbocycles. The summed E-state index contributed by atoms with van der Waals surface area (Å²) in [6, 6.07) is 0. The number of nitrogens with one attached hydrogen (secondary N) is 2. The van der Waals surface area contributed by atoms with Crippen molar-refractivity contribution < 1.29 is 9.59 Å². The Labute approximate surface area is 106 Å². The molecule has 6 heteroatoms. The highest BCUT2D eigenvalue weighted by Gasteiger charge is 2.27. The van der Waals surface area contributed by atoms with Crippen LogP contribution >= 0.6 is 23.2 Å². The Morgan fingerprint density at radius 3 is 1.31 bits per heavy atom. The number of carbonyl (C=O) groups is 2. The molecule has 0 atom stereocenters. The summed E-state index contributed by atoms with van der Waals surface area (Å²) in [6.45, 7) is 6.94. The van der Waals surface area contributed by atoms with Crippen LogP contribution in [0.3, 0.4) is 0 Å². The molecule has 0 aliphatic rings. The van der Waals surface area contributed by atoms with Gasteiger partial charge in [-0.05, 0) is 27.7 Å². The van der Waals surface area contributed by atoms with Crippen LogP contribution < -0.4 is 10.6 Å². The van der Waals surface area contributed by atoms with E-state index in [0.717, 1.165) is 0 Å². The highest BCUT2D eigenvalue weighted by molar-refractivity contribution is 6.35. The standard InChI is InChI=1S/C10H18Cl2N2O2/c1-9(2,5-11)13-7(15)8(16)14-10(3,4)6-12/h5-6H2,1-4H3,(H,13,15)(H,14,16). The summed E-state index contributed by atoms with van der Waals surface area (Å²) in [7, 11) is 0. The van der Waals surface area contributed by atoms with Gasteiger partial charge in [0, 0.05) is 22.8 Å². The molecule has 4 nitrogen and oxygen atoms in total. The van der Waals surface area contributed by atoms with Gasteiger partial charge in [0.1, 0.15) is 0 Å². The Bertz CT molecular complexity index is 250. The van der Waals surface area contributed by atoms with Gasteiger partial charge in [-0.1, -0.05) is 0 Å². The summed E-state index contributed by atoms with van der Waals surface area (Å²) < 4.78 is 0. The van der Waals surface area contributed by atoms with E-state index in [9.17, 15) is 9.59 Å². The number of amides is 2. The molecular weight excluding hydrogens is 251 g/mol. The molecule has 0 unspecified atom stereocenters. The lowest BCUT2D eigenvalue weighted by Gasteiger charge is -2.26. The average Bonchev–Trinajstić information content (AvgIpc) is 2.16. The summed E-state index contributed by atoms with van der Waals surface area (Å²) in [5.74, 6) is -0.955. The lowest BCUT2D eigenvalue weighted by atomic mass is 10.1. The van der Waals surface area contributed by atoms with Crippen molar-refractivity contribution in [1.82, 2.24) is 10.6 Å². The smallest absolute Gasteiger partial charge is 0.309 e. The fourth-order valence-corrected chi connectivity index (χ4v) is 0.929. The van der Waals surface area contributed by atoms with Gasteiger partial charge in [-0.2, -0.15) is 0 Å². The Balaban J connectivity index is 4.37. The van der Waals surface area contributed by atoms with Crippen molar-refractivity contribution >= 4 is 35.0 Å². The number of rotatable bonds is 4. The van der Waals surface area contributed by atoms with Crippen molar-refractivity contribution in [2.75, 3.05) is 11.8 Å². The molecule has 94 valence electrons. The maximum absolute atomic E-state index is 11.5. The van der Waals surface area contributed by atoms with E-state index in [0.29, 0.717) is 0 Å². The fourth-order valence-electron chi connectivity index (χ4n) is 0.795. The van der Waals surface area contributed by atoms with Gasteiger partial charge < -0.3 is 10.6 Å². The molecule has 0 saturated heterocycles. The summed E-state index contributed by atoms with van der Waals surface area (Å²) >= 11 is 11.3. The molecule has 0 saturated carbocycles. The van der Waals surface area contributed by atoms with Gasteiger partial charge in [-0.3, -0.25) is 9.59 Å². The van der Waals surface area contributed by atoms with Gasteiger partial charge in [-0.25, -0.2) is 0 Å². The van der Waals surface area contributed by atoms with Crippen LogP contribution in [0, 0.1) is 0 Å². The van der Waals surface area contributed by atoms with Crippen molar-refractivity contribution in [3.05, 3.63) is 0 Å². The SMILES string of the molecule is CC(C)(CCl)NC(=O)C(=O)NC(C)(C)CCl. The third-order valence-corrected chi connectivity index (χ3v) is 3.11. The van der Waals surface area contributed by atoms with Crippen LogP contribution in [0.2, 0.25) is 0 Å². The second kappa shape index (κ2) is 5.73. The van der Waals surface area contributed by atoms with E-state index in [1.54, 1.807) is 27.7 Å². The normalized spacial score (nSPS) is 12.1. The minimum Gasteiger partial charge on any atom is -0.342 e. The number of hydrogen-bond donors (Lipinski definition) is 2. The second-order valence-corrected chi connectivity index (χ2v) is 5.48. The zero-order valence-corrected chi connectivity index (χ0v) is 11.5. The molecule has 2 amide bonds. The highest BCUT2D eigenvalue weighted by atomic mass is 35.5. The molecule has 0 aromatic carbocycles. The van der Waals surface area contributed by atoms with Gasteiger partial charge in [0.2, 0.25) is 0 Å². The highest BCUT2D eigenvalue weighted by Crippen LogP contribution is 2.06. The summed E-state index contributed by atoms with van der Waals surface area (Å²) in [5, 5.41) is 5.05. The van der Waals surface area contributed by atoms with E-state index in [4.69, 9.17) is 23.2 Å². The molecule has 0 fully saturated rings. The van der Waals surface area contributed by atoms with E-state index in [1.165, 1.54) is 0 Å². The number of carbonyl (C=O) groups excluding carboxylic acids is 2. The predicted octanol–water partition coefficient (Wildman–Crippen LogP) is 1.25. The third kappa shape index (κ3) is 5.56. The van der Waals surface area contributed by atoms with Crippen LogP contribution in [0.25, 0.3) is 0 Å². The topological polar surface area (TPSA) is 58.2 Å². The number of alkyl halides is 2. The summed E-state index contributed by atoms with van der Waals surface area (Å²) in [5.41, 5.74) is -1.22. The van der Waals surface area contributed by atoms with Gasteiger partial charge >= 0.3 is 11.8 Å². The van der Waals surface area contributed by atoms with Crippen LogP contribution in [0.1, 0.15) is 27.7 Å². The molecule has 0 aromatic rings. The molecule has 0 radical (unpaired) electrons. The number of hydrogen-bond acceptors (Lipinski definition) is 2. The van der Waals surface area contributed by atoms with Crippen molar-refractivity contribution in [2.45, 2.75) is 38.8 Å². The minimum absolute atomic E-state index is 0.227. The van der Waals surface area contributed by atoms with Crippen molar-refractivity contribution in [3.63, 3.8) is 0 Å². The zero-order chi connectivity index (χ0) is 13.0. The molecule has 0 rings (SSSR count). The van der Waals surface area contributed by atoms with Gasteiger partial charge in [0.25, 0.3) is 0 Å². The molecular formula is C10H18Cl2N2O2. The first-order valence-electron chi connectivity index (χ1n) is 4.90. The Morgan fingerprint density at radius 1 is 0.875 bits per heavy atom. The van der Waals surface area contributed by atoms with Gasteiger partial charge in [-0.15, -0.1) is 23.2 Å². The average molecular weight is 269 g/mol. The lowest BCUT2D eigenvalue weighted by molar-refractivity contribution is -0.140. The Kier molecular flexibility index (Phi) is 5.56. The molecule has 0 heterocycles. The molecule has 16 heavy (non-hydrogen) atoms. The van der Waals surface area contributed by atoms with E-state index in [2.05, 4.69) is 10.6 Å². The second-order valence-electron chi connectivity index (χ2n) is 4.94. The maximum Gasteiger partial charge on any atom is 0.309 e. The Morgan fingerprint density at radius 2 is 1.12 bits per heavy atom. The first kappa shape index (κ1) is 15.5. The molecule has 0 aliphatic heterocycles. The molecule has 2 N–H and O–H groups in total. The minimum atomic E-state index is -0.705. The van der Waals surface area contributed by atoms with Crippen LogP contribution in [0.15, 0.2) is 0 Å². The van der Waals surface area contributed by atoms with Crippen LogP contribution in [-0.2, 0) is 9.59 Å². The van der Waals surface area contributed by atoms with Crippen molar-refractivity contribution in [3.8, 4) is 0 Å². The summed E-state index contributed by atoms with van der Waals surface area (Å²) in [4.78, 5) is 23.0. The summed E-state index contributed by atoms with van der Waals surface area (Å²) in [6.07, 6.45) is 0. The van der Waals surface area contributed by atoms with Crippen LogP contribution in [-0.4, -0.2) is 34.7 Å². The largest absolute Gasteiger partial charge is 0.342 e. The zero-order valence-electron chi connectivity index (χ0n) is 9.99. The van der Waals surface area contributed by atoms with E-state index in [-0.39, 0.29) is 11.8 Å². The van der Waals surface area contributed by atoms with Crippen LogP contribution in [0.4, 0.5) is 0 Å². The molecule has 0 bridgehead atoms. The van der Waals surface area contributed by atoms with Crippen molar-refractivity contribution in [1.29, 1.82) is 0 Å². The van der Waals surface area contributed by atoms with Gasteiger partial charge in [0.15, 0.2) is 0 Å². The first-order chi connectivity index (χ1) is 7.13. The van der Waals surface area contributed by atoms with Gasteiger partial charge in [0.05, 0.1) is 0 Å². The monoisotopic (exact) mass is 268 g/mol. The maximum atomic E-state index is 11.5. The predicted molar refractivity (Wildman–Crippen MR) is 65.9 cm³/mol. The quantitative estimate of drug-likeness (QED) is 0.596.